The minimum absolute atomic E-state index is 0. The summed E-state index contributed by atoms with van der Waals surface area (Å²) in [7, 11) is 0. The average Bonchev–Trinajstić information content (AvgIpc) is 2.29. The predicted molar refractivity (Wildman–Crippen MR) is 69.4 cm³/mol. The summed E-state index contributed by atoms with van der Waals surface area (Å²) < 4.78 is 0. The highest BCUT2D eigenvalue weighted by molar-refractivity contribution is 5.75. The fourth-order valence-corrected chi connectivity index (χ4v) is 1.37. The maximum atomic E-state index is 3.18. The first-order chi connectivity index (χ1) is 7.36. The van der Waals surface area contributed by atoms with E-state index >= 15 is 0 Å². The molecule has 0 nitrogen and oxygen atoms in total. The lowest BCUT2D eigenvalue weighted by atomic mass is 10.1. The van der Waals surface area contributed by atoms with Crippen LogP contribution in [0.5, 0.6) is 0 Å². The summed E-state index contributed by atoms with van der Waals surface area (Å²) in [5.41, 5.74) is 3.38. The second-order valence-corrected chi connectivity index (χ2v) is 3.43. The van der Waals surface area contributed by atoms with Gasteiger partial charge in [-0.2, -0.15) is 0 Å². The van der Waals surface area contributed by atoms with Crippen molar-refractivity contribution in [2.24, 2.45) is 0 Å². The molecule has 76 valence electrons. The van der Waals surface area contributed by atoms with Crippen LogP contribution in [0.1, 0.15) is 16.7 Å². The molecule has 0 N–H and O–H groups in total. The van der Waals surface area contributed by atoms with Crippen LogP contribution in [0.4, 0.5) is 0 Å². The fourth-order valence-electron chi connectivity index (χ4n) is 1.37. The number of aryl methyl sites for hydroxylation is 1. The number of hydrogen-bond acceptors (Lipinski definition) is 0. The molecular weight excluding hydrogens is 208 g/mol. The predicted octanol–water partition coefficient (Wildman–Crippen LogP) is 3.01. The lowest BCUT2D eigenvalue weighted by Crippen LogP contribution is -1.80. The molecule has 0 bridgehead atoms. The van der Waals surface area contributed by atoms with E-state index in [1.807, 2.05) is 48.5 Å². The zero-order valence-corrected chi connectivity index (χ0v) is 10.2. The molecule has 0 aromatic heterocycles. The van der Waals surface area contributed by atoms with Gasteiger partial charge in [-0.3, -0.25) is 0 Å². The molecule has 0 amide bonds. The molecule has 0 fully saturated rings. The molecule has 0 saturated carbocycles. The molecular formula is C15H12Si. The van der Waals surface area contributed by atoms with Crippen LogP contribution in [-0.4, -0.2) is 11.0 Å². The van der Waals surface area contributed by atoms with E-state index in [1.165, 1.54) is 5.56 Å². The molecule has 0 heterocycles. The van der Waals surface area contributed by atoms with E-state index in [1.54, 1.807) is 0 Å². The Labute approximate surface area is 101 Å². The highest BCUT2D eigenvalue weighted by Gasteiger charge is 1.90. The Morgan fingerprint density at radius 2 is 1.38 bits per heavy atom. The van der Waals surface area contributed by atoms with Gasteiger partial charge in [-0.15, -0.1) is 0 Å². The Hall–Kier alpha value is -1.78. The number of hydrogen-bond donors (Lipinski definition) is 0. The molecule has 0 unspecified atom stereocenters. The summed E-state index contributed by atoms with van der Waals surface area (Å²) in [6.07, 6.45) is 0. The quantitative estimate of drug-likeness (QED) is 0.473. The first-order valence-electron chi connectivity index (χ1n) is 4.99. The Bertz CT molecular complexity index is 504. The summed E-state index contributed by atoms with van der Waals surface area (Å²) >= 11 is 0. The van der Waals surface area contributed by atoms with Crippen LogP contribution in [0.2, 0.25) is 0 Å². The minimum atomic E-state index is 0. The first kappa shape index (κ1) is 12.3. The monoisotopic (exact) mass is 220 g/mol. The third-order valence-electron chi connectivity index (χ3n) is 2.26. The van der Waals surface area contributed by atoms with E-state index in [4.69, 9.17) is 0 Å². The van der Waals surface area contributed by atoms with Crippen molar-refractivity contribution < 1.29 is 0 Å². The summed E-state index contributed by atoms with van der Waals surface area (Å²) in [6.45, 7) is 2.08. The van der Waals surface area contributed by atoms with E-state index in [0.717, 1.165) is 11.1 Å². The Balaban J connectivity index is 0.00000128. The third-order valence-corrected chi connectivity index (χ3v) is 2.26. The van der Waals surface area contributed by atoms with E-state index in [2.05, 4.69) is 24.8 Å². The molecule has 2 rings (SSSR count). The molecule has 2 aromatic carbocycles. The van der Waals surface area contributed by atoms with Gasteiger partial charge in [0.15, 0.2) is 0 Å². The molecule has 0 saturated heterocycles. The number of rotatable bonds is 0. The smallest absolute Gasteiger partial charge is 0.0278 e. The molecule has 0 aliphatic carbocycles. The second kappa shape index (κ2) is 5.94. The standard InChI is InChI=1S/C15H12.Si/c1-13-7-5-6-10-15(13)12-11-14-8-3-2-4-9-14;/h2-10H,1H3;. The maximum absolute atomic E-state index is 3.18. The molecule has 2 aromatic rings. The van der Waals surface area contributed by atoms with E-state index in [-0.39, 0.29) is 11.0 Å². The minimum Gasteiger partial charge on any atom is -0.0622 e. The van der Waals surface area contributed by atoms with Crippen LogP contribution in [0.15, 0.2) is 54.6 Å². The average molecular weight is 220 g/mol. The zero-order chi connectivity index (χ0) is 10.5. The molecule has 16 heavy (non-hydrogen) atoms. The van der Waals surface area contributed by atoms with Gasteiger partial charge in [0.05, 0.1) is 0 Å². The fraction of sp³-hybridized carbons (Fsp3) is 0.0667. The normalized spacial score (nSPS) is 8.56. The van der Waals surface area contributed by atoms with Crippen LogP contribution in [0, 0.1) is 18.8 Å². The van der Waals surface area contributed by atoms with Crippen molar-refractivity contribution >= 4 is 11.0 Å². The highest BCUT2D eigenvalue weighted by atomic mass is 28.1. The SMILES string of the molecule is Cc1ccccc1C#Cc1ccccc1.[Si]. The Morgan fingerprint density at radius 1 is 0.750 bits per heavy atom. The van der Waals surface area contributed by atoms with Gasteiger partial charge in [-0.25, -0.2) is 0 Å². The van der Waals surface area contributed by atoms with Gasteiger partial charge in [-0.05, 0) is 30.7 Å². The van der Waals surface area contributed by atoms with Crippen LogP contribution in [0.3, 0.4) is 0 Å². The van der Waals surface area contributed by atoms with Crippen molar-refractivity contribution in [3.8, 4) is 11.8 Å². The van der Waals surface area contributed by atoms with Crippen LogP contribution in [0.25, 0.3) is 0 Å². The van der Waals surface area contributed by atoms with Gasteiger partial charge in [0.1, 0.15) is 0 Å². The summed E-state index contributed by atoms with van der Waals surface area (Å²) in [5.74, 6) is 6.33. The molecule has 4 radical (unpaired) electrons. The number of benzene rings is 2. The third kappa shape index (κ3) is 3.11. The molecule has 0 spiro atoms. The van der Waals surface area contributed by atoms with Crippen LogP contribution >= 0.6 is 0 Å². The largest absolute Gasteiger partial charge is 0.0622 e. The molecule has 0 atom stereocenters. The van der Waals surface area contributed by atoms with E-state index < -0.39 is 0 Å². The van der Waals surface area contributed by atoms with Crippen molar-refractivity contribution in [3.05, 3.63) is 71.3 Å². The Kier molecular flexibility index (Phi) is 4.56. The van der Waals surface area contributed by atoms with Crippen LogP contribution in [-0.2, 0) is 0 Å². The van der Waals surface area contributed by atoms with Gasteiger partial charge in [-0.1, -0.05) is 48.2 Å². The summed E-state index contributed by atoms with van der Waals surface area (Å²) in [5, 5.41) is 0. The van der Waals surface area contributed by atoms with Gasteiger partial charge in [0, 0.05) is 22.1 Å². The van der Waals surface area contributed by atoms with Crippen molar-refractivity contribution in [1.29, 1.82) is 0 Å². The van der Waals surface area contributed by atoms with Crippen molar-refractivity contribution in [3.63, 3.8) is 0 Å². The lowest BCUT2D eigenvalue weighted by Gasteiger charge is -1.94. The van der Waals surface area contributed by atoms with Gasteiger partial charge >= 0.3 is 0 Å². The topological polar surface area (TPSA) is 0 Å². The second-order valence-electron chi connectivity index (χ2n) is 3.43. The van der Waals surface area contributed by atoms with Crippen molar-refractivity contribution in [2.45, 2.75) is 6.92 Å². The maximum Gasteiger partial charge on any atom is 0.0278 e. The van der Waals surface area contributed by atoms with Gasteiger partial charge < -0.3 is 0 Å². The first-order valence-corrected chi connectivity index (χ1v) is 4.99. The molecule has 1 heteroatoms. The van der Waals surface area contributed by atoms with E-state index in [0.29, 0.717) is 0 Å². The lowest BCUT2D eigenvalue weighted by molar-refractivity contribution is 1.44. The van der Waals surface area contributed by atoms with Gasteiger partial charge in [0.25, 0.3) is 0 Å². The van der Waals surface area contributed by atoms with Gasteiger partial charge in [0.2, 0.25) is 0 Å². The molecule has 0 aliphatic rings. The van der Waals surface area contributed by atoms with E-state index in [9.17, 15) is 0 Å². The molecule has 0 aliphatic heterocycles. The zero-order valence-electron chi connectivity index (χ0n) is 9.20. The van der Waals surface area contributed by atoms with Crippen LogP contribution < -0.4 is 0 Å². The summed E-state index contributed by atoms with van der Waals surface area (Å²) in [6, 6.07) is 18.2. The Morgan fingerprint density at radius 3 is 2.06 bits per heavy atom. The summed E-state index contributed by atoms with van der Waals surface area (Å²) in [4.78, 5) is 0. The van der Waals surface area contributed by atoms with Crippen molar-refractivity contribution in [2.75, 3.05) is 0 Å². The highest BCUT2D eigenvalue weighted by Crippen LogP contribution is 2.05. The van der Waals surface area contributed by atoms with Crippen molar-refractivity contribution in [1.82, 2.24) is 0 Å².